The van der Waals surface area contributed by atoms with Crippen LogP contribution in [0.4, 0.5) is 0 Å². The number of aryl methyl sites for hydroxylation is 1. The lowest BCUT2D eigenvalue weighted by molar-refractivity contribution is -0.131. The number of phenolic OH excluding ortho intramolecular Hbond substituents is 1. The number of hydrogen-bond acceptors (Lipinski definition) is 8. The number of aromatic hydroxyl groups is 1. The zero-order chi connectivity index (χ0) is 17.7. The molecule has 128 valence electrons. The van der Waals surface area contributed by atoms with Gasteiger partial charge in [-0.1, -0.05) is 6.92 Å². The summed E-state index contributed by atoms with van der Waals surface area (Å²) in [4.78, 5) is 11.4. The van der Waals surface area contributed by atoms with Crippen LogP contribution in [0.25, 0.3) is 6.08 Å². The number of aromatic nitrogens is 2. The van der Waals surface area contributed by atoms with Gasteiger partial charge in [0.15, 0.2) is 11.5 Å². The summed E-state index contributed by atoms with van der Waals surface area (Å²) in [5, 5.41) is 27.0. The van der Waals surface area contributed by atoms with Gasteiger partial charge in [0, 0.05) is 6.42 Å². The van der Waals surface area contributed by atoms with Crippen molar-refractivity contribution in [2.24, 2.45) is 0 Å². The van der Waals surface area contributed by atoms with Crippen molar-refractivity contribution < 1.29 is 28.9 Å². The Bertz CT molecular complexity index is 746. The number of carbonyl (C=O) groups is 1. The lowest BCUT2D eigenvalue weighted by Crippen LogP contribution is -1.97. The molecule has 2 N–H and O–H groups in total. The first-order valence-corrected chi connectivity index (χ1v) is 7.70. The van der Waals surface area contributed by atoms with Crippen LogP contribution in [-0.4, -0.2) is 40.6 Å². The fourth-order valence-electron chi connectivity index (χ4n) is 1.80. The van der Waals surface area contributed by atoms with Crippen LogP contribution in [0.1, 0.15) is 18.4 Å². The summed E-state index contributed by atoms with van der Waals surface area (Å²) in [6.07, 6.45) is 1.96. The van der Waals surface area contributed by atoms with E-state index in [1.165, 1.54) is 32.4 Å². The molecule has 1 aromatic heterocycles. The molecule has 24 heavy (non-hydrogen) atoms. The molecule has 0 radical (unpaired) electrons. The van der Waals surface area contributed by atoms with E-state index in [-0.39, 0.29) is 27.4 Å². The number of rotatable bonds is 7. The quantitative estimate of drug-likeness (QED) is 0.573. The third-order valence-electron chi connectivity index (χ3n) is 2.96. The highest BCUT2D eigenvalue weighted by molar-refractivity contribution is 8.03. The molecule has 1 heterocycles. The van der Waals surface area contributed by atoms with Gasteiger partial charge in [-0.15, -0.1) is 10.2 Å². The second-order valence-corrected chi connectivity index (χ2v) is 5.50. The summed E-state index contributed by atoms with van der Waals surface area (Å²) in [5.41, 5.74) is 0.474. The number of phenols is 1. The van der Waals surface area contributed by atoms with Crippen LogP contribution in [-0.2, 0) is 11.2 Å². The third-order valence-corrected chi connectivity index (χ3v) is 3.81. The lowest BCUT2D eigenvalue weighted by Gasteiger charge is -2.09. The summed E-state index contributed by atoms with van der Waals surface area (Å²) in [6, 6.07) is 2.99. The van der Waals surface area contributed by atoms with Gasteiger partial charge >= 0.3 is 5.97 Å². The average molecular weight is 352 g/mol. The predicted molar refractivity (Wildman–Crippen MR) is 86.4 cm³/mol. The zero-order valence-electron chi connectivity index (χ0n) is 13.3. The molecule has 0 unspecified atom stereocenters. The Hall–Kier alpha value is -2.68. The summed E-state index contributed by atoms with van der Waals surface area (Å²) in [7, 11) is 2.78. The first kappa shape index (κ1) is 17.7. The van der Waals surface area contributed by atoms with Crippen LogP contribution >= 0.6 is 11.8 Å². The Balaban J connectivity index is 2.38. The van der Waals surface area contributed by atoms with Crippen LogP contribution in [0, 0.1) is 0 Å². The van der Waals surface area contributed by atoms with Crippen LogP contribution in [0.5, 0.6) is 17.2 Å². The van der Waals surface area contributed by atoms with Crippen molar-refractivity contribution in [3.8, 4) is 17.2 Å². The topological polar surface area (TPSA) is 115 Å². The molecule has 0 saturated heterocycles. The monoisotopic (exact) mass is 352 g/mol. The van der Waals surface area contributed by atoms with Crippen LogP contribution < -0.4 is 9.47 Å². The number of thioether (sulfide) groups is 1. The predicted octanol–water partition coefficient (Wildman–Crippen LogP) is 2.57. The van der Waals surface area contributed by atoms with Crippen molar-refractivity contribution in [2.45, 2.75) is 18.6 Å². The molecule has 0 spiro atoms. The van der Waals surface area contributed by atoms with E-state index in [4.69, 9.17) is 13.9 Å². The van der Waals surface area contributed by atoms with Crippen molar-refractivity contribution in [2.75, 3.05) is 14.2 Å². The molecule has 0 atom stereocenters. The third kappa shape index (κ3) is 3.99. The fourth-order valence-corrected chi connectivity index (χ4v) is 2.49. The molecular formula is C15H16N2O6S. The van der Waals surface area contributed by atoms with E-state index in [0.717, 1.165) is 11.8 Å². The maximum Gasteiger partial charge on any atom is 0.342 e. The molecule has 0 saturated carbocycles. The van der Waals surface area contributed by atoms with E-state index in [1.54, 1.807) is 0 Å². The Morgan fingerprint density at radius 1 is 1.29 bits per heavy atom. The van der Waals surface area contributed by atoms with E-state index in [1.807, 2.05) is 6.92 Å². The zero-order valence-corrected chi connectivity index (χ0v) is 14.1. The number of aliphatic carboxylic acids is 1. The molecule has 0 fully saturated rings. The van der Waals surface area contributed by atoms with Gasteiger partial charge in [-0.3, -0.25) is 0 Å². The Labute approximate surface area is 142 Å². The maximum atomic E-state index is 11.5. The second-order valence-electron chi connectivity index (χ2n) is 4.51. The molecule has 0 aliphatic carbocycles. The summed E-state index contributed by atoms with van der Waals surface area (Å²) in [5.74, 6) is -0.550. The molecule has 8 nitrogen and oxygen atoms in total. The smallest absolute Gasteiger partial charge is 0.342 e. The molecule has 0 bridgehead atoms. The normalized spacial score (nSPS) is 11.4. The molecule has 2 aromatic rings. The van der Waals surface area contributed by atoms with E-state index in [9.17, 15) is 15.0 Å². The highest BCUT2D eigenvalue weighted by atomic mass is 32.2. The van der Waals surface area contributed by atoms with E-state index in [2.05, 4.69) is 10.2 Å². The highest BCUT2D eigenvalue weighted by Gasteiger charge is 2.16. The van der Waals surface area contributed by atoms with Gasteiger partial charge in [0.05, 0.1) is 14.2 Å². The summed E-state index contributed by atoms with van der Waals surface area (Å²) in [6.45, 7) is 1.85. The van der Waals surface area contributed by atoms with E-state index in [0.29, 0.717) is 17.9 Å². The molecule has 2 rings (SSSR count). The van der Waals surface area contributed by atoms with Gasteiger partial charge in [-0.25, -0.2) is 4.79 Å². The van der Waals surface area contributed by atoms with Crippen molar-refractivity contribution in [3.05, 3.63) is 28.5 Å². The van der Waals surface area contributed by atoms with Gasteiger partial charge in [0.2, 0.25) is 11.6 Å². The molecule has 0 amide bonds. The van der Waals surface area contributed by atoms with Crippen molar-refractivity contribution in [1.82, 2.24) is 10.2 Å². The number of nitrogens with zero attached hydrogens (tertiary/aromatic N) is 2. The van der Waals surface area contributed by atoms with Gasteiger partial charge in [-0.05, 0) is 35.5 Å². The van der Waals surface area contributed by atoms with Crippen molar-refractivity contribution >= 4 is 23.8 Å². The Morgan fingerprint density at radius 3 is 2.38 bits per heavy atom. The molecule has 0 aliphatic heterocycles. The molecular weight excluding hydrogens is 336 g/mol. The first-order valence-electron chi connectivity index (χ1n) is 6.88. The average Bonchev–Trinajstić information content (AvgIpc) is 3.03. The summed E-state index contributed by atoms with van der Waals surface area (Å²) < 4.78 is 15.4. The van der Waals surface area contributed by atoms with E-state index >= 15 is 0 Å². The first-order chi connectivity index (χ1) is 11.5. The maximum absolute atomic E-state index is 11.5. The standard InChI is InChI=1S/C15H16N2O6S/c1-4-12-16-17-15(23-12)24-11(14(19)20)7-8-5-9(21-2)13(18)10(6-8)22-3/h5-7,18H,4H2,1-3H3,(H,19,20)/b11-7-. The lowest BCUT2D eigenvalue weighted by atomic mass is 10.1. The minimum Gasteiger partial charge on any atom is -0.502 e. The van der Waals surface area contributed by atoms with Crippen molar-refractivity contribution in [3.63, 3.8) is 0 Å². The Morgan fingerprint density at radius 2 is 1.92 bits per heavy atom. The van der Waals surface area contributed by atoms with Crippen LogP contribution in [0.15, 0.2) is 26.7 Å². The molecule has 1 aromatic carbocycles. The molecule has 9 heteroatoms. The van der Waals surface area contributed by atoms with Crippen molar-refractivity contribution in [1.29, 1.82) is 0 Å². The SMILES string of the molecule is CCc1nnc(S/C(=C\c2cc(OC)c(O)c(OC)c2)C(=O)O)o1. The number of ether oxygens (including phenoxy) is 2. The number of carboxylic acids is 1. The van der Waals surface area contributed by atoms with Crippen LogP contribution in [0.2, 0.25) is 0 Å². The minimum absolute atomic E-state index is 0.0314. The highest BCUT2D eigenvalue weighted by Crippen LogP contribution is 2.38. The fraction of sp³-hybridized carbons (Fsp3) is 0.267. The minimum atomic E-state index is -1.15. The van der Waals surface area contributed by atoms with Gasteiger partial charge in [-0.2, -0.15) is 0 Å². The Kier molecular flexibility index (Phi) is 5.69. The number of benzene rings is 1. The molecule has 0 aliphatic rings. The number of methoxy groups -OCH3 is 2. The van der Waals surface area contributed by atoms with Crippen LogP contribution in [0.3, 0.4) is 0 Å². The van der Waals surface area contributed by atoms with Gasteiger partial charge in [0.25, 0.3) is 5.22 Å². The largest absolute Gasteiger partial charge is 0.502 e. The second kappa shape index (κ2) is 7.73. The van der Waals surface area contributed by atoms with E-state index < -0.39 is 5.97 Å². The summed E-state index contributed by atoms with van der Waals surface area (Å²) >= 11 is 0.836. The van der Waals surface area contributed by atoms with Gasteiger partial charge < -0.3 is 24.1 Å². The van der Waals surface area contributed by atoms with Gasteiger partial charge in [0.1, 0.15) is 4.91 Å². The number of carboxylic acid groups (broad SMARTS) is 1. The number of hydrogen-bond donors (Lipinski definition) is 2.